The van der Waals surface area contributed by atoms with Gasteiger partial charge in [0.2, 0.25) is 0 Å². The quantitative estimate of drug-likeness (QED) is 0.569. The molecule has 0 saturated carbocycles. The van der Waals surface area contributed by atoms with Crippen LogP contribution in [0.3, 0.4) is 0 Å². The second-order valence-corrected chi connectivity index (χ2v) is 3.00. The molecular formula is C8H16F2N2O2. The molecule has 4 nitrogen and oxygen atoms in total. The van der Waals surface area contributed by atoms with Gasteiger partial charge in [0, 0.05) is 0 Å². The summed E-state index contributed by atoms with van der Waals surface area (Å²) in [6.07, 6.45) is -2.85. The van der Waals surface area contributed by atoms with E-state index in [0.29, 0.717) is 0 Å². The molecule has 84 valence electrons. The predicted molar refractivity (Wildman–Crippen MR) is 48.3 cm³/mol. The summed E-state index contributed by atoms with van der Waals surface area (Å²) in [5, 5.41) is 11.1. The van der Waals surface area contributed by atoms with E-state index in [9.17, 15) is 13.6 Å². The minimum Gasteiger partial charge on any atom is -0.480 e. The summed E-state index contributed by atoms with van der Waals surface area (Å²) in [5.74, 6) is -1.53. The fourth-order valence-electron chi connectivity index (χ4n) is 1.25. The number of hydrogen-bond donors (Lipinski definition) is 3. The first-order valence-corrected chi connectivity index (χ1v) is 4.48. The van der Waals surface area contributed by atoms with Gasteiger partial charge in [0.25, 0.3) is 6.43 Å². The Kier molecular flexibility index (Phi) is 5.56. The minimum atomic E-state index is -2.94. The Morgan fingerprint density at radius 2 is 2.21 bits per heavy atom. The van der Waals surface area contributed by atoms with Crippen LogP contribution in [0.25, 0.3) is 0 Å². The largest absolute Gasteiger partial charge is 0.480 e. The molecule has 0 aromatic rings. The number of aliphatic carboxylic acids is 1. The highest BCUT2D eigenvalue weighted by molar-refractivity contribution is 5.79. The van der Waals surface area contributed by atoms with Crippen LogP contribution in [-0.4, -0.2) is 36.1 Å². The summed E-state index contributed by atoms with van der Waals surface area (Å²) in [6.45, 7) is 1.97. The van der Waals surface area contributed by atoms with Crippen LogP contribution in [0.5, 0.6) is 0 Å². The average Bonchev–Trinajstić information content (AvgIpc) is 2.11. The van der Waals surface area contributed by atoms with Crippen molar-refractivity contribution >= 4 is 5.97 Å². The third-order valence-corrected chi connectivity index (χ3v) is 2.02. The van der Waals surface area contributed by atoms with Gasteiger partial charge in [-0.1, -0.05) is 6.92 Å². The number of halogens is 2. The van der Waals surface area contributed by atoms with Crippen molar-refractivity contribution in [3.63, 3.8) is 0 Å². The van der Waals surface area contributed by atoms with Gasteiger partial charge in [-0.15, -0.1) is 0 Å². The molecule has 0 amide bonds. The molecule has 0 fully saturated rings. The highest BCUT2D eigenvalue weighted by Crippen LogP contribution is 2.22. The SMILES string of the molecule is CCNC(CCCN)(C(=O)O)C(F)F. The third-order valence-electron chi connectivity index (χ3n) is 2.02. The number of carboxylic acid groups (broad SMARTS) is 1. The molecule has 1 unspecified atom stereocenters. The van der Waals surface area contributed by atoms with Crippen molar-refractivity contribution in [2.24, 2.45) is 5.73 Å². The predicted octanol–water partition coefficient (Wildman–Crippen LogP) is 0.423. The number of nitrogens with one attached hydrogen (secondary N) is 1. The lowest BCUT2D eigenvalue weighted by molar-refractivity contribution is -0.152. The number of alkyl halides is 2. The van der Waals surface area contributed by atoms with Crippen LogP contribution < -0.4 is 11.1 Å². The first-order valence-electron chi connectivity index (χ1n) is 4.48. The maximum atomic E-state index is 12.6. The third kappa shape index (κ3) is 2.88. The van der Waals surface area contributed by atoms with E-state index < -0.39 is 17.9 Å². The number of hydrogen-bond acceptors (Lipinski definition) is 3. The minimum absolute atomic E-state index is 0.162. The Bertz CT molecular complexity index is 190. The number of carbonyl (C=O) groups is 1. The van der Waals surface area contributed by atoms with Crippen LogP contribution >= 0.6 is 0 Å². The average molecular weight is 210 g/mol. The fraction of sp³-hybridized carbons (Fsp3) is 0.875. The van der Waals surface area contributed by atoms with Gasteiger partial charge in [-0.2, -0.15) is 0 Å². The fourth-order valence-corrected chi connectivity index (χ4v) is 1.25. The van der Waals surface area contributed by atoms with E-state index in [4.69, 9.17) is 10.8 Å². The van der Waals surface area contributed by atoms with Crippen molar-refractivity contribution in [1.29, 1.82) is 0 Å². The van der Waals surface area contributed by atoms with Crippen molar-refractivity contribution in [3.05, 3.63) is 0 Å². The molecule has 6 heteroatoms. The molecule has 0 spiro atoms. The van der Waals surface area contributed by atoms with Crippen molar-refractivity contribution in [1.82, 2.24) is 5.32 Å². The highest BCUT2D eigenvalue weighted by atomic mass is 19.3. The number of rotatable bonds is 7. The second-order valence-electron chi connectivity index (χ2n) is 3.00. The maximum Gasteiger partial charge on any atom is 0.329 e. The van der Waals surface area contributed by atoms with Crippen molar-refractivity contribution in [2.75, 3.05) is 13.1 Å². The summed E-state index contributed by atoms with van der Waals surface area (Å²) in [6, 6.07) is 0. The van der Waals surface area contributed by atoms with E-state index >= 15 is 0 Å². The molecule has 0 aliphatic rings. The van der Waals surface area contributed by atoms with Crippen LogP contribution in [0.2, 0.25) is 0 Å². The number of likely N-dealkylation sites (N-methyl/N-ethyl adjacent to an activating group) is 1. The van der Waals surface area contributed by atoms with E-state index in [1.807, 2.05) is 0 Å². The van der Waals surface area contributed by atoms with Gasteiger partial charge in [0.15, 0.2) is 5.54 Å². The van der Waals surface area contributed by atoms with Crippen LogP contribution in [0.4, 0.5) is 8.78 Å². The molecular weight excluding hydrogens is 194 g/mol. The molecule has 0 aliphatic heterocycles. The smallest absolute Gasteiger partial charge is 0.329 e. The zero-order valence-corrected chi connectivity index (χ0v) is 8.09. The summed E-state index contributed by atoms with van der Waals surface area (Å²) in [4.78, 5) is 10.8. The molecule has 14 heavy (non-hydrogen) atoms. The molecule has 0 saturated heterocycles. The van der Waals surface area contributed by atoms with E-state index in [-0.39, 0.29) is 25.9 Å². The molecule has 0 radical (unpaired) electrons. The monoisotopic (exact) mass is 210 g/mol. The number of nitrogens with two attached hydrogens (primary N) is 1. The summed E-state index contributed by atoms with van der Waals surface area (Å²) in [7, 11) is 0. The van der Waals surface area contributed by atoms with Crippen molar-refractivity contribution in [2.45, 2.75) is 31.7 Å². The Labute approximate surface area is 81.5 Å². The normalized spacial score (nSPS) is 15.5. The molecule has 0 bridgehead atoms. The first kappa shape index (κ1) is 13.2. The van der Waals surface area contributed by atoms with Crippen LogP contribution in [0.1, 0.15) is 19.8 Å². The summed E-state index contributed by atoms with van der Waals surface area (Å²) < 4.78 is 25.3. The van der Waals surface area contributed by atoms with Gasteiger partial charge in [-0.25, -0.2) is 13.6 Å². The molecule has 1 atom stereocenters. The van der Waals surface area contributed by atoms with E-state index in [1.54, 1.807) is 6.92 Å². The highest BCUT2D eigenvalue weighted by Gasteiger charge is 2.46. The molecule has 0 rings (SSSR count). The van der Waals surface area contributed by atoms with Gasteiger partial charge < -0.3 is 10.8 Å². The van der Waals surface area contributed by atoms with Crippen LogP contribution in [-0.2, 0) is 4.79 Å². The van der Waals surface area contributed by atoms with Gasteiger partial charge in [0.1, 0.15) is 0 Å². The Morgan fingerprint density at radius 1 is 1.64 bits per heavy atom. The van der Waals surface area contributed by atoms with E-state index in [0.717, 1.165) is 0 Å². The Hall–Kier alpha value is -0.750. The van der Waals surface area contributed by atoms with Gasteiger partial charge >= 0.3 is 5.97 Å². The molecule has 0 heterocycles. The molecule has 0 aromatic heterocycles. The van der Waals surface area contributed by atoms with Gasteiger partial charge in [-0.05, 0) is 25.9 Å². The lowest BCUT2D eigenvalue weighted by Crippen LogP contribution is -2.57. The van der Waals surface area contributed by atoms with Crippen LogP contribution in [0.15, 0.2) is 0 Å². The van der Waals surface area contributed by atoms with Crippen molar-refractivity contribution < 1.29 is 18.7 Å². The van der Waals surface area contributed by atoms with Crippen molar-refractivity contribution in [3.8, 4) is 0 Å². The summed E-state index contributed by atoms with van der Waals surface area (Å²) >= 11 is 0. The number of carboxylic acids is 1. The standard InChI is InChI=1S/C8H16F2N2O2/c1-2-12-8(6(9)10,7(13)14)4-3-5-11/h6,12H,2-5,11H2,1H3,(H,13,14). The molecule has 0 aromatic carbocycles. The topological polar surface area (TPSA) is 75.3 Å². The van der Waals surface area contributed by atoms with Gasteiger partial charge in [-0.3, -0.25) is 5.32 Å². The lowest BCUT2D eigenvalue weighted by atomic mass is 9.93. The lowest BCUT2D eigenvalue weighted by Gasteiger charge is -2.29. The second kappa shape index (κ2) is 5.87. The maximum absolute atomic E-state index is 12.6. The zero-order valence-electron chi connectivity index (χ0n) is 8.09. The zero-order chi connectivity index (χ0) is 11.2. The Balaban J connectivity index is 4.65. The van der Waals surface area contributed by atoms with E-state index in [2.05, 4.69) is 5.32 Å². The van der Waals surface area contributed by atoms with Crippen LogP contribution in [0, 0.1) is 0 Å². The first-order chi connectivity index (χ1) is 6.51. The van der Waals surface area contributed by atoms with E-state index in [1.165, 1.54) is 0 Å². The Morgan fingerprint density at radius 3 is 2.50 bits per heavy atom. The summed E-state index contributed by atoms with van der Waals surface area (Å²) in [5.41, 5.74) is 3.02. The molecule has 4 N–H and O–H groups in total. The molecule has 0 aliphatic carbocycles. The van der Waals surface area contributed by atoms with Gasteiger partial charge in [0.05, 0.1) is 0 Å².